The number of aromatic nitrogens is 2. The molecule has 0 unspecified atom stereocenters. The Bertz CT molecular complexity index is 784. The second kappa shape index (κ2) is 5.99. The lowest BCUT2D eigenvalue weighted by Crippen LogP contribution is -2.05. The highest BCUT2D eigenvalue weighted by Gasteiger charge is 2.10. The first-order valence-electron chi connectivity index (χ1n) is 6.60. The summed E-state index contributed by atoms with van der Waals surface area (Å²) in [6, 6.07) is 10.3. The van der Waals surface area contributed by atoms with Gasteiger partial charge in [-0.05, 0) is 24.6 Å². The number of benzene rings is 1. The summed E-state index contributed by atoms with van der Waals surface area (Å²) in [4.78, 5) is 11.3. The van der Waals surface area contributed by atoms with Crippen LogP contribution in [0.1, 0.15) is 10.4 Å². The van der Waals surface area contributed by atoms with Gasteiger partial charge in [0.05, 0.1) is 5.39 Å². The van der Waals surface area contributed by atoms with Crippen molar-refractivity contribution in [1.29, 1.82) is 0 Å². The van der Waals surface area contributed by atoms with Gasteiger partial charge in [0.2, 0.25) is 5.95 Å². The molecule has 3 aromatic rings. The topological polar surface area (TPSA) is 49.8 Å². The summed E-state index contributed by atoms with van der Waals surface area (Å²) in [5.41, 5.74) is 1.20. The molecule has 0 saturated heterocycles. The van der Waals surface area contributed by atoms with Crippen LogP contribution >= 0.6 is 27.3 Å². The maximum absolute atomic E-state index is 4.54. The summed E-state index contributed by atoms with van der Waals surface area (Å²) < 4.78 is 1.10. The minimum atomic E-state index is 0.638. The van der Waals surface area contributed by atoms with E-state index >= 15 is 0 Å². The fourth-order valence-corrected chi connectivity index (χ4v) is 3.41. The van der Waals surface area contributed by atoms with Crippen LogP contribution in [0.25, 0.3) is 10.2 Å². The van der Waals surface area contributed by atoms with Crippen LogP contribution in [0.2, 0.25) is 0 Å². The molecule has 0 radical (unpaired) electrons. The minimum Gasteiger partial charge on any atom is -0.365 e. The first-order valence-corrected chi connectivity index (χ1v) is 8.21. The van der Waals surface area contributed by atoms with Crippen LogP contribution in [0.5, 0.6) is 0 Å². The lowest BCUT2D eigenvalue weighted by atomic mass is 10.2. The zero-order chi connectivity index (χ0) is 14.8. The van der Waals surface area contributed by atoms with Crippen LogP contribution in [0, 0.1) is 6.92 Å². The zero-order valence-electron chi connectivity index (χ0n) is 11.8. The third-order valence-corrected chi connectivity index (χ3v) is 4.86. The summed E-state index contributed by atoms with van der Waals surface area (Å²) >= 11 is 5.25. The van der Waals surface area contributed by atoms with Crippen molar-refractivity contribution in [2.75, 3.05) is 17.7 Å². The van der Waals surface area contributed by atoms with Crippen molar-refractivity contribution in [3.05, 3.63) is 45.2 Å². The number of aryl methyl sites for hydroxylation is 1. The minimum absolute atomic E-state index is 0.638. The maximum atomic E-state index is 4.54. The molecular weight excluding hydrogens is 348 g/mol. The van der Waals surface area contributed by atoms with E-state index in [1.54, 1.807) is 11.3 Å². The molecule has 0 spiro atoms. The van der Waals surface area contributed by atoms with E-state index in [0.29, 0.717) is 12.5 Å². The molecule has 0 fully saturated rings. The lowest BCUT2D eigenvalue weighted by Gasteiger charge is -2.09. The van der Waals surface area contributed by atoms with Gasteiger partial charge in [0, 0.05) is 22.9 Å². The highest BCUT2D eigenvalue weighted by molar-refractivity contribution is 9.10. The van der Waals surface area contributed by atoms with Crippen molar-refractivity contribution in [3.8, 4) is 0 Å². The molecule has 2 heterocycles. The number of hydrogen-bond donors (Lipinski definition) is 2. The normalized spacial score (nSPS) is 10.8. The Morgan fingerprint density at radius 3 is 2.81 bits per heavy atom. The van der Waals surface area contributed by atoms with E-state index in [-0.39, 0.29) is 0 Å². The fraction of sp³-hybridized carbons (Fsp3) is 0.200. The van der Waals surface area contributed by atoms with Crippen molar-refractivity contribution in [3.63, 3.8) is 0 Å². The number of nitrogens with one attached hydrogen (secondary N) is 2. The number of rotatable bonds is 4. The van der Waals surface area contributed by atoms with Gasteiger partial charge < -0.3 is 10.6 Å². The first kappa shape index (κ1) is 14.3. The van der Waals surface area contributed by atoms with E-state index < -0.39 is 0 Å². The average molecular weight is 363 g/mol. The van der Waals surface area contributed by atoms with Crippen LogP contribution in [0.4, 0.5) is 11.8 Å². The van der Waals surface area contributed by atoms with Crippen molar-refractivity contribution in [2.24, 2.45) is 0 Å². The number of halogens is 1. The summed E-state index contributed by atoms with van der Waals surface area (Å²) in [7, 11) is 1.83. The highest BCUT2D eigenvalue weighted by Crippen LogP contribution is 2.30. The average Bonchev–Trinajstić information content (AvgIpc) is 2.86. The highest BCUT2D eigenvalue weighted by atomic mass is 79.9. The molecule has 4 nitrogen and oxygen atoms in total. The molecule has 0 aliphatic heterocycles. The van der Waals surface area contributed by atoms with Gasteiger partial charge in [-0.2, -0.15) is 4.98 Å². The quantitative estimate of drug-likeness (QED) is 0.721. The van der Waals surface area contributed by atoms with Gasteiger partial charge in [-0.15, -0.1) is 11.3 Å². The van der Waals surface area contributed by atoms with E-state index in [2.05, 4.69) is 55.6 Å². The SMILES string of the molecule is CNc1nc(NCc2ccccc2Br)c2cc(C)sc2n1. The molecule has 6 heteroatoms. The van der Waals surface area contributed by atoms with Gasteiger partial charge in [0.15, 0.2) is 0 Å². The Hall–Kier alpha value is -1.66. The van der Waals surface area contributed by atoms with Crippen LogP contribution in [0.3, 0.4) is 0 Å². The maximum Gasteiger partial charge on any atom is 0.225 e. The Morgan fingerprint density at radius 1 is 1.24 bits per heavy atom. The molecule has 3 rings (SSSR count). The van der Waals surface area contributed by atoms with Gasteiger partial charge in [0.25, 0.3) is 0 Å². The first-order chi connectivity index (χ1) is 10.2. The molecule has 0 atom stereocenters. The summed E-state index contributed by atoms with van der Waals surface area (Å²) in [5.74, 6) is 1.50. The van der Waals surface area contributed by atoms with E-state index in [0.717, 1.165) is 20.5 Å². The molecule has 0 aliphatic carbocycles. The van der Waals surface area contributed by atoms with Crippen molar-refractivity contribution < 1.29 is 0 Å². The third-order valence-electron chi connectivity index (χ3n) is 3.14. The van der Waals surface area contributed by atoms with Crippen LogP contribution in [0.15, 0.2) is 34.8 Å². The Labute approximate surface area is 135 Å². The lowest BCUT2D eigenvalue weighted by molar-refractivity contribution is 1.10. The van der Waals surface area contributed by atoms with E-state index in [1.807, 2.05) is 25.2 Å². The molecule has 108 valence electrons. The zero-order valence-corrected chi connectivity index (χ0v) is 14.2. The molecule has 21 heavy (non-hydrogen) atoms. The molecule has 0 amide bonds. The molecule has 2 aromatic heterocycles. The predicted octanol–water partition coefficient (Wildman–Crippen LogP) is 4.42. The second-order valence-corrected chi connectivity index (χ2v) is 6.76. The third kappa shape index (κ3) is 3.01. The van der Waals surface area contributed by atoms with Gasteiger partial charge in [-0.1, -0.05) is 34.1 Å². The van der Waals surface area contributed by atoms with Crippen LogP contribution in [-0.2, 0) is 6.54 Å². The number of fused-ring (bicyclic) bond motifs is 1. The molecule has 0 aliphatic rings. The summed E-state index contributed by atoms with van der Waals surface area (Å²) in [5, 5.41) is 7.50. The van der Waals surface area contributed by atoms with Crippen LogP contribution in [-0.4, -0.2) is 17.0 Å². The van der Waals surface area contributed by atoms with Gasteiger partial charge in [0.1, 0.15) is 10.6 Å². The number of thiophene rings is 1. The van der Waals surface area contributed by atoms with E-state index in [4.69, 9.17) is 0 Å². The molecule has 1 aromatic carbocycles. The van der Waals surface area contributed by atoms with Gasteiger partial charge in [-0.3, -0.25) is 0 Å². The predicted molar refractivity (Wildman–Crippen MR) is 93.2 cm³/mol. The van der Waals surface area contributed by atoms with Crippen LogP contribution < -0.4 is 10.6 Å². The molecular formula is C15H15BrN4S. The Balaban J connectivity index is 1.94. The van der Waals surface area contributed by atoms with Gasteiger partial charge >= 0.3 is 0 Å². The smallest absolute Gasteiger partial charge is 0.225 e. The number of anilines is 2. The van der Waals surface area contributed by atoms with E-state index in [1.165, 1.54) is 10.4 Å². The Kier molecular flexibility index (Phi) is 4.07. The summed E-state index contributed by atoms with van der Waals surface area (Å²) in [6.07, 6.45) is 0. The van der Waals surface area contributed by atoms with E-state index in [9.17, 15) is 0 Å². The molecule has 0 saturated carbocycles. The molecule has 2 N–H and O–H groups in total. The van der Waals surface area contributed by atoms with Crippen molar-refractivity contribution >= 4 is 49.2 Å². The van der Waals surface area contributed by atoms with Crippen molar-refractivity contribution in [1.82, 2.24) is 9.97 Å². The monoisotopic (exact) mass is 362 g/mol. The number of hydrogen-bond acceptors (Lipinski definition) is 5. The Morgan fingerprint density at radius 2 is 2.05 bits per heavy atom. The van der Waals surface area contributed by atoms with Gasteiger partial charge in [-0.25, -0.2) is 4.98 Å². The van der Waals surface area contributed by atoms with Crippen molar-refractivity contribution in [2.45, 2.75) is 13.5 Å². The fourth-order valence-electron chi connectivity index (χ4n) is 2.11. The number of nitrogens with zero attached hydrogens (tertiary/aromatic N) is 2. The standard InChI is InChI=1S/C15H15BrN4S/c1-9-7-11-13(19-15(17-2)20-14(11)21-9)18-8-10-5-3-4-6-12(10)16/h3-7H,8H2,1-2H3,(H2,17,18,19,20). The molecule has 0 bridgehead atoms. The summed E-state index contributed by atoms with van der Waals surface area (Å²) in [6.45, 7) is 2.80. The largest absolute Gasteiger partial charge is 0.365 e. The second-order valence-electron chi connectivity index (χ2n) is 4.67.